The molecule has 27 heteroatoms. The fraction of sp³-hybridized carbons (Fsp3) is 0.182. The van der Waals surface area contributed by atoms with Crippen LogP contribution in [0.5, 0.6) is 0 Å². The van der Waals surface area contributed by atoms with E-state index >= 15 is 0 Å². The van der Waals surface area contributed by atoms with Crippen molar-refractivity contribution in [3.8, 4) is 0 Å². The highest BCUT2D eigenvalue weighted by Crippen LogP contribution is 2.41. The van der Waals surface area contributed by atoms with Gasteiger partial charge >= 0.3 is 49.4 Å². The second-order valence-corrected chi connectivity index (χ2v) is 18.4. The standard InChI is InChI=1S/C32H12BF24.C23H19FN/c34-25(35,36)13-1-14(26(37,38)39)6-21(5-13)33(22-7-15(27(40,41)42)2-16(8-22)28(43,44)45,23-9-17(29(46,47)48)3-18(10-23)30(49,50)51)24-11-19(31(52,53)54)4-20(12-24)32(55,56)57;24-22-12-6-4-11-20(22)16-21-15-14-19-10-5-7-13-23(19)25(21)17-18-8-2-1-3-9-18/h1-12H;1-15H,16-17H2/q-1;+1. The van der Waals surface area contributed by atoms with Gasteiger partial charge in [0.25, 0.3) is 0 Å². The third-order valence-corrected chi connectivity index (χ3v) is 13.0. The molecule has 0 aliphatic heterocycles. The summed E-state index contributed by atoms with van der Waals surface area (Å²) >= 11 is 0. The lowest BCUT2D eigenvalue weighted by atomic mass is 9.12. The number of benzene rings is 7. The average Bonchev–Trinajstić information content (AvgIpc) is 3.07. The monoisotopic (exact) mass is 1190 g/mol. The molecule has 0 radical (unpaired) electrons. The van der Waals surface area contributed by atoms with E-state index in [0.717, 1.165) is 17.8 Å². The van der Waals surface area contributed by atoms with E-state index in [1.54, 1.807) is 6.07 Å². The molecule has 0 atom stereocenters. The zero-order valence-electron chi connectivity index (χ0n) is 40.5. The maximum absolute atomic E-state index is 14.2. The molecule has 0 bridgehead atoms. The van der Waals surface area contributed by atoms with Crippen LogP contribution in [-0.2, 0) is 62.4 Å². The second-order valence-electron chi connectivity index (χ2n) is 18.4. The van der Waals surface area contributed by atoms with Gasteiger partial charge in [-0.05, 0) is 48.0 Å². The second kappa shape index (κ2) is 21.9. The highest BCUT2D eigenvalue weighted by molar-refractivity contribution is 7.20. The van der Waals surface area contributed by atoms with Gasteiger partial charge in [0.1, 0.15) is 12.0 Å². The summed E-state index contributed by atoms with van der Waals surface area (Å²) < 4.78 is 357. The zero-order chi connectivity index (χ0) is 61.0. The van der Waals surface area contributed by atoms with E-state index in [-0.39, 0.29) is 5.82 Å². The van der Waals surface area contributed by atoms with Crippen molar-refractivity contribution in [3.63, 3.8) is 0 Å². The van der Waals surface area contributed by atoms with Gasteiger partial charge in [0, 0.05) is 23.1 Å². The van der Waals surface area contributed by atoms with Crippen LogP contribution >= 0.6 is 0 Å². The summed E-state index contributed by atoms with van der Waals surface area (Å²) in [7, 11) is 0. The molecule has 82 heavy (non-hydrogen) atoms. The number of rotatable bonds is 8. The number of aromatic nitrogens is 1. The highest BCUT2D eigenvalue weighted by atomic mass is 19.4. The lowest BCUT2D eigenvalue weighted by molar-refractivity contribution is -0.669. The molecule has 0 N–H and O–H groups in total. The Morgan fingerprint density at radius 3 is 0.915 bits per heavy atom. The minimum absolute atomic E-state index is 0.151. The van der Waals surface area contributed by atoms with Gasteiger partial charge in [-0.25, -0.2) is 4.39 Å². The van der Waals surface area contributed by atoms with Gasteiger partial charge in [0.15, 0.2) is 12.2 Å². The summed E-state index contributed by atoms with van der Waals surface area (Å²) in [5.74, 6) is -0.151. The van der Waals surface area contributed by atoms with E-state index in [2.05, 4.69) is 59.2 Å². The summed E-state index contributed by atoms with van der Waals surface area (Å²) in [4.78, 5) is 0. The average molecular weight is 1190 g/mol. The van der Waals surface area contributed by atoms with Gasteiger partial charge in [-0.2, -0.15) is 132 Å². The van der Waals surface area contributed by atoms with Gasteiger partial charge in [-0.15, -0.1) is 0 Å². The van der Waals surface area contributed by atoms with Crippen molar-refractivity contribution >= 4 is 38.9 Å². The van der Waals surface area contributed by atoms with Crippen LogP contribution in [0.1, 0.15) is 61.3 Å². The topological polar surface area (TPSA) is 3.88 Å². The van der Waals surface area contributed by atoms with E-state index in [1.807, 2.05) is 24.3 Å². The van der Waals surface area contributed by atoms with Crippen molar-refractivity contribution < 1.29 is 114 Å². The molecule has 1 heterocycles. The molecule has 7 aromatic carbocycles. The van der Waals surface area contributed by atoms with Gasteiger partial charge in [-0.1, -0.05) is 109 Å². The minimum Gasteiger partial charge on any atom is -0.207 e. The summed E-state index contributed by atoms with van der Waals surface area (Å²) in [6, 6.07) is 21.2. The number of nitrogens with zero attached hydrogens (tertiary/aromatic N) is 1. The van der Waals surface area contributed by atoms with Crippen LogP contribution in [0.15, 0.2) is 164 Å². The van der Waals surface area contributed by atoms with Crippen LogP contribution < -0.4 is 26.4 Å². The van der Waals surface area contributed by atoms with Crippen molar-refractivity contribution in [2.45, 2.75) is 62.4 Å². The minimum atomic E-state index is -6.13. The van der Waals surface area contributed by atoms with Crippen molar-refractivity contribution in [2.24, 2.45) is 0 Å². The molecular weight excluding hydrogens is 1160 g/mol. The smallest absolute Gasteiger partial charge is 0.207 e. The molecule has 434 valence electrons. The summed E-state index contributed by atoms with van der Waals surface area (Å²) in [5, 5.41) is 1.19. The Labute approximate surface area is 445 Å². The van der Waals surface area contributed by atoms with Crippen molar-refractivity contribution in [1.29, 1.82) is 0 Å². The third-order valence-electron chi connectivity index (χ3n) is 13.0. The van der Waals surface area contributed by atoms with E-state index in [4.69, 9.17) is 0 Å². The molecule has 0 aliphatic carbocycles. The maximum atomic E-state index is 14.2. The number of para-hydroxylation sites is 1. The first kappa shape index (κ1) is 61.9. The number of pyridine rings is 1. The van der Waals surface area contributed by atoms with Gasteiger partial charge < -0.3 is 0 Å². The fourth-order valence-corrected chi connectivity index (χ4v) is 9.32. The molecule has 0 amide bonds. The van der Waals surface area contributed by atoms with E-state index in [0.29, 0.717) is 6.42 Å². The Kier molecular flexibility index (Phi) is 16.5. The molecular formula is C55H31BF25N. The lowest BCUT2D eigenvalue weighted by Crippen LogP contribution is -2.75. The summed E-state index contributed by atoms with van der Waals surface area (Å²) in [6.45, 7) is 0.770. The first-order chi connectivity index (χ1) is 37.6. The number of hydrogen-bond donors (Lipinski definition) is 0. The first-order valence-electron chi connectivity index (χ1n) is 23.1. The van der Waals surface area contributed by atoms with Gasteiger partial charge in [0.2, 0.25) is 5.52 Å². The van der Waals surface area contributed by atoms with E-state index < -0.39 is 195 Å². The van der Waals surface area contributed by atoms with Crippen LogP contribution in [0.3, 0.4) is 0 Å². The Morgan fingerprint density at radius 1 is 0.305 bits per heavy atom. The lowest BCUT2D eigenvalue weighted by Gasteiger charge is -2.46. The third kappa shape index (κ3) is 13.8. The van der Waals surface area contributed by atoms with Crippen LogP contribution in [0.4, 0.5) is 110 Å². The van der Waals surface area contributed by atoms with Crippen LogP contribution in [0.25, 0.3) is 10.9 Å². The fourth-order valence-electron chi connectivity index (χ4n) is 9.32. The molecule has 8 rings (SSSR count). The molecule has 0 fully saturated rings. The SMILES string of the molecule is FC(F)(F)c1cc([B-](c2cc(C(F)(F)F)cc(C(F)(F)F)c2)(c2cc(C(F)(F)F)cc(C(F)(F)F)c2)c2cc(C(F)(F)F)cc(C(F)(F)F)c2)cc(C(F)(F)F)c1.Fc1ccccc1Cc1ccc2ccccc2[n+]1Cc1ccccc1. The molecule has 0 saturated carbocycles. The molecule has 0 spiro atoms. The van der Waals surface area contributed by atoms with Crippen molar-refractivity contribution in [2.75, 3.05) is 0 Å². The Morgan fingerprint density at radius 2 is 0.598 bits per heavy atom. The predicted octanol–water partition coefficient (Wildman–Crippen LogP) is 16.1. The Balaban J connectivity index is 0.000000318. The number of halogens is 25. The zero-order valence-corrected chi connectivity index (χ0v) is 40.5. The van der Waals surface area contributed by atoms with Crippen LogP contribution in [-0.4, -0.2) is 6.15 Å². The summed E-state index contributed by atoms with van der Waals surface area (Å²) in [5.41, 5.74) is -26.0. The normalized spacial score (nSPS) is 13.3. The number of alkyl halides is 24. The van der Waals surface area contributed by atoms with Crippen LogP contribution in [0, 0.1) is 5.82 Å². The first-order valence-corrected chi connectivity index (χ1v) is 23.1. The van der Waals surface area contributed by atoms with Crippen molar-refractivity contribution in [1.82, 2.24) is 0 Å². The van der Waals surface area contributed by atoms with Gasteiger partial charge in [0.05, 0.1) is 50.9 Å². The molecule has 1 aromatic heterocycles. The number of hydrogen-bond acceptors (Lipinski definition) is 0. The Bertz CT molecular complexity index is 3160. The largest absolute Gasteiger partial charge is 0.416 e. The van der Waals surface area contributed by atoms with E-state index in [9.17, 15) is 110 Å². The quantitative estimate of drug-likeness (QED) is 0.0811. The highest BCUT2D eigenvalue weighted by Gasteiger charge is 2.47. The molecule has 0 saturated heterocycles. The molecule has 1 nitrogen and oxygen atoms in total. The Hall–Kier alpha value is -7.74. The molecule has 0 unspecified atom stereocenters. The van der Waals surface area contributed by atoms with E-state index in [1.165, 1.54) is 22.5 Å². The van der Waals surface area contributed by atoms with Crippen molar-refractivity contribution in [3.05, 3.63) is 231 Å². The maximum Gasteiger partial charge on any atom is 0.416 e. The summed E-state index contributed by atoms with van der Waals surface area (Å²) in [6.07, 6.45) is -54.2. The molecule has 0 aliphatic rings. The van der Waals surface area contributed by atoms with Gasteiger partial charge in [-0.3, -0.25) is 0 Å². The number of fused-ring (bicyclic) bond motifs is 1. The van der Waals surface area contributed by atoms with Crippen LogP contribution in [0.2, 0.25) is 0 Å². The predicted molar refractivity (Wildman–Crippen MR) is 249 cm³/mol. The molecule has 8 aromatic rings.